The van der Waals surface area contributed by atoms with Gasteiger partial charge in [0, 0.05) is 28.8 Å². The van der Waals surface area contributed by atoms with E-state index >= 15 is 0 Å². The fourth-order valence-electron chi connectivity index (χ4n) is 5.25. The van der Waals surface area contributed by atoms with E-state index in [1.165, 1.54) is 16.3 Å². The average Bonchev–Trinajstić information content (AvgIpc) is 3.38. The Morgan fingerprint density at radius 3 is 2.10 bits per heavy atom. The summed E-state index contributed by atoms with van der Waals surface area (Å²) in [5.74, 6) is 0.876. The lowest BCUT2D eigenvalue weighted by Crippen LogP contribution is -2.09. The highest BCUT2D eigenvalue weighted by molar-refractivity contribution is 5.89. The first kappa shape index (κ1) is 22.9. The molecule has 0 spiro atoms. The molecule has 0 unspecified atom stereocenters. The number of benzene rings is 5. The predicted molar refractivity (Wildman–Crippen MR) is 161 cm³/mol. The normalized spacial score (nSPS) is 11.2. The zero-order valence-electron chi connectivity index (χ0n) is 21.6. The Labute approximate surface area is 227 Å². The summed E-state index contributed by atoms with van der Waals surface area (Å²) >= 11 is 0. The van der Waals surface area contributed by atoms with Crippen molar-refractivity contribution in [2.24, 2.45) is 0 Å². The van der Waals surface area contributed by atoms with Crippen molar-refractivity contribution in [3.8, 4) is 17.1 Å². The Hall–Kier alpha value is -5.22. The summed E-state index contributed by atoms with van der Waals surface area (Å²) in [4.78, 5) is 12.0. The van der Waals surface area contributed by atoms with E-state index < -0.39 is 0 Å². The molecular weight excluding hydrogens is 476 g/mol. The smallest absolute Gasteiger partial charge is 0.164 e. The largest absolute Gasteiger partial charge is 0.310 e. The first-order chi connectivity index (χ1) is 19.3. The van der Waals surface area contributed by atoms with Gasteiger partial charge in [0.1, 0.15) is 11.3 Å². The van der Waals surface area contributed by atoms with Crippen LogP contribution in [0.25, 0.3) is 39.0 Å². The Balaban J connectivity index is 1.36. The minimum Gasteiger partial charge on any atom is -0.310 e. The zero-order valence-corrected chi connectivity index (χ0v) is 21.6. The molecule has 0 N–H and O–H groups in total. The highest BCUT2D eigenvalue weighted by Crippen LogP contribution is 2.37. The second-order valence-electron chi connectivity index (χ2n) is 9.65. The van der Waals surface area contributed by atoms with Crippen LogP contribution < -0.4 is 4.90 Å². The summed E-state index contributed by atoms with van der Waals surface area (Å²) in [6.45, 7) is 2.12. The molecule has 0 saturated heterocycles. The van der Waals surface area contributed by atoms with Crippen molar-refractivity contribution in [3.05, 3.63) is 145 Å². The molecule has 0 aliphatic rings. The second-order valence-corrected chi connectivity index (χ2v) is 9.65. The molecule has 5 aromatic carbocycles. The van der Waals surface area contributed by atoms with E-state index in [4.69, 9.17) is 4.98 Å². The number of rotatable bonds is 5. The van der Waals surface area contributed by atoms with Crippen molar-refractivity contribution in [1.29, 1.82) is 0 Å². The van der Waals surface area contributed by atoms with Crippen LogP contribution in [0.1, 0.15) is 5.56 Å². The van der Waals surface area contributed by atoms with Gasteiger partial charge in [-0.3, -0.25) is 4.57 Å². The van der Waals surface area contributed by atoms with E-state index in [1.54, 1.807) is 0 Å². The molecule has 2 heterocycles. The van der Waals surface area contributed by atoms with Gasteiger partial charge in [-0.15, -0.1) is 0 Å². The van der Waals surface area contributed by atoms with Crippen molar-refractivity contribution in [2.75, 3.05) is 4.90 Å². The van der Waals surface area contributed by atoms with Gasteiger partial charge < -0.3 is 4.90 Å². The average molecular weight is 503 g/mol. The first-order valence-electron chi connectivity index (χ1n) is 13.1. The van der Waals surface area contributed by atoms with E-state index in [0.29, 0.717) is 0 Å². The van der Waals surface area contributed by atoms with Gasteiger partial charge >= 0.3 is 0 Å². The summed E-state index contributed by atoms with van der Waals surface area (Å²) in [6.07, 6.45) is 1.83. The van der Waals surface area contributed by atoms with E-state index in [-0.39, 0.29) is 0 Å². The maximum atomic E-state index is 5.01. The number of aromatic nitrogens is 3. The third-order valence-corrected chi connectivity index (χ3v) is 7.16. The quantitative estimate of drug-likeness (QED) is 0.235. The lowest BCUT2D eigenvalue weighted by atomic mass is 10.1. The second kappa shape index (κ2) is 9.58. The van der Waals surface area contributed by atoms with E-state index in [0.717, 1.165) is 45.3 Å². The SMILES string of the molecule is Cc1ccccc1-n1c(-c2ccc(N(c3ccccc3)c3ccc4ccccc4c3)cc2)nc2cccnc21. The standard InChI is InChI=1S/C35H26N4/c1-25-10-5-8-16-33(25)39-34(37-32-15-9-23-36-35(32)39)27-18-20-30(21-19-27)38(29-13-3-2-4-14-29)31-22-17-26-11-6-7-12-28(26)24-31/h2-24H,1H3. The molecule has 186 valence electrons. The summed E-state index contributed by atoms with van der Waals surface area (Å²) in [5.41, 5.74) is 8.32. The highest BCUT2D eigenvalue weighted by atomic mass is 15.1. The predicted octanol–water partition coefficient (Wildman–Crippen LogP) is 9.02. The molecule has 2 aromatic heterocycles. The van der Waals surface area contributed by atoms with E-state index in [1.807, 2.05) is 18.3 Å². The van der Waals surface area contributed by atoms with E-state index in [9.17, 15) is 0 Å². The number of pyridine rings is 1. The number of anilines is 3. The number of fused-ring (bicyclic) bond motifs is 2. The van der Waals surface area contributed by atoms with Crippen LogP contribution >= 0.6 is 0 Å². The molecule has 4 nitrogen and oxygen atoms in total. The zero-order chi connectivity index (χ0) is 26.2. The van der Waals surface area contributed by atoms with Crippen LogP contribution in [0.5, 0.6) is 0 Å². The molecule has 4 heteroatoms. The molecule has 0 amide bonds. The van der Waals surface area contributed by atoms with Gasteiger partial charge in [0.15, 0.2) is 5.65 Å². The monoisotopic (exact) mass is 502 g/mol. The maximum absolute atomic E-state index is 5.01. The van der Waals surface area contributed by atoms with Gasteiger partial charge in [-0.05, 0) is 90.0 Å². The number of nitrogens with zero attached hydrogens (tertiary/aromatic N) is 4. The molecule has 39 heavy (non-hydrogen) atoms. The van der Waals surface area contributed by atoms with Crippen molar-refractivity contribution >= 4 is 39.0 Å². The number of hydrogen-bond acceptors (Lipinski definition) is 3. The molecule has 0 aliphatic carbocycles. The van der Waals surface area contributed by atoms with Crippen molar-refractivity contribution in [1.82, 2.24) is 14.5 Å². The van der Waals surface area contributed by atoms with Gasteiger partial charge in [-0.2, -0.15) is 0 Å². The van der Waals surface area contributed by atoms with Gasteiger partial charge in [-0.1, -0.05) is 66.7 Å². The molecule has 0 saturated carbocycles. The first-order valence-corrected chi connectivity index (χ1v) is 13.1. The fraction of sp³-hybridized carbons (Fsp3) is 0.0286. The molecule has 7 aromatic rings. The minimum absolute atomic E-state index is 0.855. The van der Waals surface area contributed by atoms with Crippen molar-refractivity contribution in [3.63, 3.8) is 0 Å². The summed E-state index contributed by atoms with van der Waals surface area (Å²) in [7, 11) is 0. The maximum Gasteiger partial charge on any atom is 0.164 e. The molecule has 0 radical (unpaired) electrons. The van der Waals surface area contributed by atoms with Crippen molar-refractivity contribution in [2.45, 2.75) is 6.92 Å². The summed E-state index contributed by atoms with van der Waals surface area (Å²) < 4.78 is 2.16. The molecule has 0 atom stereocenters. The van der Waals surface area contributed by atoms with Gasteiger partial charge in [0.05, 0.1) is 5.69 Å². The van der Waals surface area contributed by atoms with Crippen LogP contribution in [0.3, 0.4) is 0 Å². The lowest BCUT2D eigenvalue weighted by molar-refractivity contribution is 1.06. The Morgan fingerprint density at radius 1 is 0.590 bits per heavy atom. The highest BCUT2D eigenvalue weighted by Gasteiger charge is 2.18. The summed E-state index contributed by atoms with van der Waals surface area (Å²) in [5, 5.41) is 2.44. The number of para-hydroxylation sites is 2. The van der Waals surface area contributed by atoms with Crippen LogP contribution in [-0.2, 0) is 0 Å². The Kier molecular flexibility index (Phi) is 5.64. The lowest BCUT2D eigenvalue weighted by Gasteiger charge is -2.26. The number of aryl methyl sites for hydroxylation is 1. The van der Waals surface area contributed by atoms with Gasteiger partial charge in [-0.25, -0.2) is 9.97 Å². The van der Waals surface area contributed by atoms with Crippen LogP contribution in [0.4, 0.5) is 17.1 Å². The van der Waals surface area contributed by atoms with Crippen LogP contribution in [-0.4, -0.2) is 14.5 Å². The van der Waals surface area contributed by atoms with Crippen LogP contribution in [0.15, 0.2) is 140 Å². The molecular formula is C35H26N4. The number of hydrogen-bond donors (Lipinski definition) is 0. The third-order valence-electron chi connectivity index (χ3n) is 7.16. The Bertz CT molecular complexity index is 1920. The number of imidazole rings is 1. The third kappa shape index (κ3) is 4.12. The van der Waals surface area contributed by atoms with Gasteiger partial charge in [0.2, 0.25) is 0 Å². The van der Waals surface area contributed by atoms with Crippen LogP contribution in [0, 0.1) is 6.92 Å². The van der Waals surface area contributed by atoms with Crippen molar-refractivity contribution < 1.29 is 0 Å². The topological polar surface area (TPSA) is 34.0 Å². The molecule has 7 rings (SSSR count). The molecule has 0 aliphatic heterocycles. The minimum atomic E-state index is 0.855. The summed E-state index contributed by atoms with van der Waals surface area (Å²) in [6, 6.07) is 46.6. The molecule has 0 fully saturated rings. The van der Waals surface area contributed by atoms with E-state index in [2.05, 4.69) is 143 Å². The van der Waals surface area contributed by atoms with Crippen LogP contribution in [0.2, 0.25) is 0 Å². The molecule has 0 bridgehead atoms. The van der Waals surface area contributed by atoms with Gasteiger partial charge in [0.25, 0.3) is 0 Å². The Morgan fingerprint density at radius 2 is 1.28 bits per heavy atom. The fourth-order valence-corrected chi connectivity index (χ4v) is 5.25.